The van der Waals surface area contributed by atoms with Crippen molar-refractivity contribution in [3.8, 4) is 6.07 Å². The second-order valence-corrected chi connectivity index (χ2v) is 7.38. The Morgan fingerprint density at radius 2 is 2.11 bits per heavy atom. The Balaban J connectivity index is 1.97. The first-order valence-corrected chi connectivity index (χ1v) is 9.57. The summed E-state index contributed by atoms with van der Waals surface area (Å²) in [6, 6.07) is 7.46. The lowest BCUT2D eigenvalue weighted by Crippen LogP contribution is -2.57. The molecular formula is C21H29N3O3. The lowest BCUT2D eigenvalue weighted by molar-refractivity contribution is -0.138. The number of aliphatic hydroxyl groups excluding tert-OH is 1. The molecule has 0 spiro atoms. The zero-order chi connectivity index (χ0) is 20.0. The second kappa shape index (κ2) is 9.52. The van der Waals surface area contributed by atoms with Gasteiger partial charge in [0.05, 0.1) is 24.6 Å². The van der Waals surface area contributed by atoms with E-state index in [1.807, 2.05) is 39.0 Å². The first-order chi connectivity index (χ1) is 12.8. The number of carbonyl (C=O) groups is 2. The minimum atomic E-state index is -0.690. The van der Waals surface area contributed by atoms with E-state index in [4.69, 9.17) is 0 Å². The molecule has 1 heterocycles. The van der Waals surface area contributed by atoms with E-state index in [0.717, 1.165) is 17.5 Å². The molecule has 3 atom stereocenters. The summed E-state index contributed by atoms with van der Waals surface area (Å²) in [5.41, 5.74) is 3.23. The van der Waals surface area contributed by atoms with Crippen molar-refractivity contribution in [1.29, 1.82) is 5.26 Å². The molecule has 1 aromatic rings. The van der Waals surface area contributed by atoms with Gasteiger partial charge in [0.25, 0.3) is 0 Å². The molecule has 1 aromatic carbocycles. The van der Waals surface area contributed by atoms with Gasteiger partial charge < -0.3 is 15.3 Å². The van der Waals surface area contributed by atoms with Crippen LogP contribution < -0.4 is 5.32 Å². The van der Waals surface area contributed by atoms with Crippen LogP contribution in [0.5, 0.6) is 0 Å². The zero-order valence-electron chi connectivity index (χ0n) is 16.4. The Morgan fingerprint density at radius 1 is 1.37 bits per heavy atom. The van der Waals surface area contributed by atoms with Crippen molar-refractivity contribution in [3.05, 3.63) is 34.9 Å². The first kappa shape index (κ1) is 20.9. The van der Waals surface area contributed by atoms with E-state index < -0.39 is 18.1 Å². The molecular weight excluding hydrogens is 342 g/mol. The first-order valence-electron chi connectivity index (χ1n) is 9.57. The molecule has 6 heteroatoms. The number of nitrogens with one attached hydrogen (secondary N) is 1. The average Bonchev–Trinajstić information content (AvgIpc) is 2.64. The van der Waals surface area contributed by atoms with Gasteiger partial charge >= 0.3 is 0 Å². The molecule has 1 unspecified atom stereocenters. The number of hydrogen-bond acceptors (Lipinski definition) is 4. The monoisotopic (exact) mass is 371 g/mol. The highest BCUT2D eigenvalue weighted by molar-refractivity contribution is 5.82. The molecule has 0 bridgehead atoms. The van der Waals surface area contributed by atoms with Gasteiger partial charge in [-0.3, -0.25) is 9.59 Å². The van der Waals surface area contributed by atoms with Crippen LogP contribution in [0.4, 0.5) is 0 Å². The number of aryl methyl sites for hydroxylation is 2. The van der Waals surface area contributed by atoms with Crippen LogP contribution in [-0.2, 0) is 16.0 Å². The molecule has 2 N–H and O–H groups in total. The molecule has 1 saturated heterocycles. The topological polar surface area (TPSA) is 93.4 Å². The van der Waals surface area contributed by atoms with Crippen molar-refractivity contribution >= 4 is 11.8 Å². The van der Waals surface area contributed by atoms with Crippen LogP contribution >= 0.6 is 0 Å². The number of piperidine rings is 1. The molecule has 6 nitrogen and oxygen atoms in total. The van der Waals surface area contributed by atoms with Gasteiger partial charge in [-0.2, -0.15) is 5.26 Å². The molecule has 0 aliphatic carbocycles. The van der Waals surface area contributed by atoms with Gasteiger partial charge in [0.2, 0.25) is 11.8 Å². The predicted molar refractivity (Wildman–Crippen MR) is 103 cm³/mol. The SMILES string of the molecule is CCCC(C#N)C(=O)N1CC[C@@H](O)[C@H](NC(=O)Cc2ccc(C)c(C)c2)C1. The fourth-order valence-corrected chi connectivity index (χ4v) is 3.39. The highest BCUT2D eigenvalue weighted by atomic mass is 16.3. The van der Waals surface area contributed by atoms with Crippen LogP contribution in [0.1, 0.15) is 42.9 Å². The van der Waals surface area contributed by atoms with E-state index in [-0.39, 0.29) is 24.8 Å². The average molecular weight is 371 g/mol. The highest BCUT2D eigenvalue weighted by Crippen LogP contribution is 2.17. The summed E-state index contributed by atoms with van der Waals surface area (Å²) < 4.78 is 0. The van der Waals surface area contributed by atoms with Gasteiger partial charge in [-0.25, -0.2) is 0 Å². The zero-order valence-corrected chi connectivity index (χ0v) is 16.4. The Morgan fingerprint density at radius 3 is 2.74 bits per heavy atom. The molecule has 0 saturated carbocycles. The van der Waals surface area contributed by atoms with Crippen LogP contribution in [0, 0.1) is 31.1 Å². The largest absolute Gasteiger partial charge is 0.391 e. The highest BCUT2D eigenvalue weighted by Gasteiger charge is 2.33. The van der Waals surface area contributed by atoms with E-state index in [9.17, 15) is 20.0 Å². The molecule has 146 valence electrons. The number of benzene rings is 1. The lowest BCUT2D eigenvalue weighted by Gasteiger charge is -2.37. The fourth-order valence-electron chi connectivity index (χ4n) is 3.39. The van der Waals surface area contributed by atoms with Gasteiger partial charge in [0.15, 0.2) is 0 Å². The number of rotatable bonds is 6. The number of nitrogens with zero attached hydrogens (tertiary/aromatic N) is 2. The van der Waals surface area contributed by atoms with Crippen molar-refractivity contribution in [2.24, 2.45) is 5.92 Å². The minimum absolute atomic E-state index is 0.179. The van der Waals surface area contributed by atoms with Crippen molar-refractivity contribution in [1.82, 2.24) is 10.2 Å². The molecule has 0 aromatic heterocycles. The Labute approximate surface area is 161 Å². The smallest absolute Gasteiger partial charge is 0.239 e. The summed E-state index contributed by atoms with van der Waals surface area (Å²) in [4.78, 5) is 26.5. The van der Waals surface area contributed by atoms with Gasteiger partial charge in [-0.15, -0.1) is 0 Å². The van der Waals surface area contributed by atoms with Crippen LogP contribution in [0.15, 0.2) is 18.2 Å². The molecule has 2 rings (SSSR count). The van der Waals surface area contributed by atoms with Crippen LogP contribution in [-0.4, -0.2) is 47.1 Å². The third-order valence-corrected chi connectivity index (χ3v) is 5.20. The van der Waals surface area contributed by atoms with Gasteiger partial charge in [0.1, 0.15) is 5.92 Å². The Hall–Kier alpha value is -2.39. The van der Waals surface area contributed by atoms with Crippen molar-refractivity contribution < 1.29 is 14.7 Å². The van der Waals surface area contributed by atoms with E-state index >= 15 is 0 Å². The van der Waals surface area contributed by atoms with Crippen LogP contribution in [0.2, 0.25) is 0 Å². The minimum Gasteiger partial charge on any atom is -0.391 e. The molecule has 1 fully saturated rings. The van der Waals surface area contributed by atoms with E-state index in [0.29, 0.717) is 19.4 Å². The fraction of sp³-hybridized carbons (Fsp3) is 0.571. The number of hydrogen-bond donors (Lipinski definition) is 2. The number of aliphatic hydroxyl groups is 1. The third kappa shape index (κ3) is 5.54. The van der Waals surface area contributed by atoms with Gasteiger partial charge in [-0.05, 0) is 43.4 Å². The van der Waals surface area contributed by atoms with Crippen molar-refractivity contribution in [3.63, 3.8) is 0 Å². The molecule has 1 aliphatic rings. The number of likely N-dealkylation sites (tertiary alicyclic amines) is 1. The van der Waals surface area contributed by atoms with Crippen molar-refractivity contribution in [2.45, 2.75) is 58.6 Å². The van der Waals surface area contributed by atoms with E-state index in [2.05, 4.69) is 11.4 Å². The lowest BCUT2D eigenvalue weighted by atomic mass is 9.98. The summed E-state index contributed by atoms with van der Waals surface area (Å²) in [7, 11) is 0. The number of amides is 2. The normalized spacial score (nSPS) is 20.6. The van der Waals surface area contributed by atoms with E-state index in [1.165, 1.54) is 5.56 Å². The summed E-state index contributed by atoms with van der Waals surface area (Å²) in [5, 5.41) is 22.3. The summed E-state index contributed by atoms with van der Waals surface area (Å²) in [6.45, 7) is 6.61. The Bertz CT molecular complexity index is 726. The maximum atomic E-state index is 12.5. The van der Waals surface area contributed by atoms with Crippen LogP contribution in [0.3, 0.4) is 0 Å². The quantitative estimate of drug-likeness (QED) is 0.798. The van der Waals surface area contributed by atoms with E-state index in [1.54, 1.807) is 4.90 Å². The standard InChI is InChI=1S/C21H29N3O3/c1-4-5-17(12-22)21(27)24-9-8-19(25)18(13-24)23-20(26)11-16-7-6-14(2)15(3)10-16/h6-7,10,17-19,25H,4-5,8-9,11,13H2,1-3H3,(H,23,26)/t17?,18-,19-/m1/s1. The molecule has 2 amide bonds. The summed E-state index contributed by atoms with van der Waals surface area (Å²) >= 11 is 0. The van der Waals surface area contributed by atoms with Crippen molar-refractivity contribution in [2.75, 3.05) is 13.1 Å². The maximum Gasteiger partial charge on any atom is 0.239 e. The summed E-state index contributed by atoms with van der Waals surface area (Å²) in [6.07, 6.45) is 1.22. The Kier molecular flexibility index (Phi) is 7.37. The number of nitriles is 1. The molecule has 0 radical (unpaired) electrons. The maximum absolute atomic E-state index is 12.5. The number of carbonyl (C=O) groups excluding carboxylic acids is 2. The second-order valence-electron chi connectivity index (χ2n) is 7.38. The van der Waals surface area contributed by atoms with Gasteiger partial charge in [-0.1, -0.05) is 31.5 Å². The summed E-state index contributed by atoms with van der Waals surface area (Å²) in [5.74, 6) is -1.04. The van der Waals surface area contributed by atoms with Gasteiger partial charge in [0, 0.05) is 13.1 Å². The predicted octanol–water partition coefficient (Wildman–Crippen LogP) is 1.86. The molecule has 27 heavy (non-hydrogen) atoms. The molecule has 1 aliphatic heterocycles. The van der Waals surface area contributed by atoms with Crippen LogP contribution in [0.25, 0.3) is 0 Å². The third-order valence-electron chi connectivity index (χ3n) is 5.20.